The molecule has 1 saturated heterocycles. The van der Waals surface area contributed by atoms with E-state index in [1.807, 2.05) is 42.5 Å². The van der Waals surface area contributed by atoms with Crippen LogP contribution in [0.1, 0.15) is 19.3 Å². The van der Waals surface area contributed by atoms with E-state index in [1.54, 1.807) is 11.3 Å². The molecule has 2 aromatic carbocycles. The van der Waals surface area contributed by atoms with Gasteiger partial charge in [-0.25, -0.2) is 4.98 Å². The number of ether oxygens (including phenoxy) is 1. The SMILES string of the molecule is c1ccc2sc(Nc3ccc(OCCN4CCCCC4)cc3)nc2c1. The minimum Gasteiger partial charge on any atom is -0.492 e. The van der Waals surface area contributed by atoms with Crippen molar-refractivity contribution in [1.82, 2.24) is 9.88 Å². The van der Waals surface area contributed by atoms with Crippen molar-refractivity contribution in [3.05, 3.63) is 48.5 Å². The summed E-state index contributed by atoms with van der Waals surface area (Å²) in [5, 5.41) is 4.29. The number of hydrogen-bond donors (Lipinski definition) is 1. The number of hydrogen-bond acceptors (Lipinski definition) is 5. The molecule has 3 aromatic rings. The third-order valence-electron chi connectivity index (χ3n) is 4.52. The highest BCUT2D eigenvalue weighted by atomic mass is 32.1. The summed E-state index contributed by atoms with van der Waals surface area (Å²) in [6, 6.07) is 16.3. The minimum atomic E-state index is 0.755. The van der Waals surface area contributed by atoms with Crippen LogP contribution in [-0.2, 0) is 0 Å². The third kappa shape index (κ3) is 4.30. The second kappa shape index (κ2) is 7.85. The average molecular weight is 353 g/mol. The fourth-order valence-corrected chi connectivity index (χ4v) is 4.05. The van der Waals surface area contributed by atoms with Crippen LogP contribution < -0.4 is 10.1 Å². The standard InChI is InChI=1S/C20H23N3OS/c1-4-12-23(13-5-1)14-15-24-17-10-8-16(9-11-17)21-20-22-18-6-2-3-7-19(18)25-20/h2-3,6-11H,1,4-5,12-15H2,(H,21,22). The van der Waals surface area contributed by atoms with E-state index in [-0.39, 0.29) is 0 Å². The Balaban J connectivity index is 1.30. The highest BCUT2D eigenvalue weighted by Gasteiger charge is 2.09. The molecule has 0 amide bonds. The van der Waals surface area contributed by atoms with E-state index < -0.39 is 0 Å². The Labute approximate surface area is 152 Å². The van der Waals surface area contributed by atoms with E-state index in [0.29, 0.717) is 0 Å². The lowest BCUT2D eigenvalue weighted by Gasteiger charge is -2.26. The van der Waals surface area contributed by atoms with Gasteiger partial charge in [0.15, 0.2) is 5.13 Å². The first kappa shape index (κ1) is 16.4. The largest absolute Gasteiger partial charge is 0.492 e. The van der Waals surface area contributed by atoms with Crippen LogP contribution in [0.3, 0.4) is 0 Å². The maximum Gasteiger partial charge on any atom is 0.188 e. The van der Waals surface area contributed by atoms with Gasteiger partial charge in [-0.15, -0.1) is 0 Å². The molecule has 0 atom stereocenters. The molecule has 0 saturated carbocycles. The molecule has 5 heteroatoms. The Morgan fingerprint density at radius 3 is 2.60 bits per heavy atom. The van der Waals surface area contributed by atoms with Crippen LogP contribution in [0.5, 0.6) is 5.75 Å². The van der Waals surface area contributed by atoms with E-state index in [4.69, 9.17) is 4.74 Å². The number of para-hydroxylation sites is 1. The molecule has 1 aromatic heterocycles. The minimum absolute atomic E-state index is 0.755. The van der Waals surface area contributed by atoms with E-state index in [0.717, 1.165) is 35.2 Å². The van der Waals surface area contributed by atoms with Gasteiger partial charge in [-0.3, -0.25) is 4.90 Å². The summed E-state index contributed by atoms with van der Waals surface area (Å²) in [5.41, 5.74) is 2.06. The van der Waals surface area contributed by atoms with Crippen molar-refractivity contribution in [3.8, 4) is 5.75 Å². The summed E-state index contributed by atoms with van der Waals surface area (Å²) in [7, 11) is 0. The molecule has 25 heavy (non-hydrogen) atoms. The average Bonchev–Trinajstić information content (AvgIpc) is 3.06. The predicted octanol–water partition coefficient (Wildman–Crippen LogP) is 4.90. The number of nitrogens with one attached hydrogen (secondary N) is 1. The van der Waals surface area contributed by atoms with Crippen LogP contribution >= 0.6 is 11.3 Å². The molecule has 0 aliphatic carbocycles. The smallest absolute Gasteiger partial charge is 0.188 e. The quantitative estimate of drug-likeness (QED) is 0.683. The molecule has 130 valence electrons. The first-order chi connectivity index (χ1) is 12.4. The number of thiazole rings is 1. The Hall–Kier alpha value is -2.11. The molecule has 2 heterocycles. The molecular formula is C20H23N3OS. The highest BCUT2D eigenvalue weighted by molar-refractivity contribution is 7.22. The molecule has 0 bridgehead atoms. The van der Waals surface area contributed by atoms with Gasteiger partial charge in [0.2, 0.25) is 0 Å². The zero-order valence-electron chi connectivity index (χ0n) is 14.3. The normalized spacial score (nSPS) is 15.4. The molecule has 1 aliphatic heterocycles. The van der Waals surface area contributed by atoms with Crippen molar-refractivity contribution in [1.29, 1.82) is 0 Å². The number of nitrogens with zero attached hydrogens (tertiary/aromatic N) is 2. The summed E-state index contributed by atoms with van der Waals surface area (Å²) in [6.45, 7) is 4.21. The molecule has 4 nitrogen and oxygen atoms in total. The van der Waals surface area contributed by atoms with Gasteiger partial charge in [-0.05, 0) is 62.3 Å². The van der Waals surface area contributed by atoms with Gasteiger partial charge in [0.1, 0.15) is 12.4 Å². The monoisotopic (exact) mass is 353 g/mol. The summed E-state index contributed by atoms with van der Waals surface area (Å²) < 4.78 is 7.08. The molecule has 0 spiro atoms. The maximum atomic E-state index is 5.88. The van der Waals surface area contributed by atoms with Crippen LogP contribution in [-0.4, -0.2) is 36.1 Å². The lowest BCUT2D eigenvalue weighted by atomic mass is 10.1. The summed E-state index contributed by atoms with van der Waals surface area (Å²) >= 11 is 1.67. The van der Waals surface area contributed by atoms with Crippen molar-refractivity contribution >= 4 is 32.4 Å². The number of fused-ring (bicyclic) bond motifs is 1. The Morgan fingerprint density at radius 2 is 1.80 bits per heavy atom. The summed E-state index contributed by atoms with van der Waals surface area (Å²) in [4.78, 5) is 7.10. The maximum absolute atomic E-state index is 5.88. The zero-order chi connectivity index (χ0) is 16.9. The Kier molecular flexibility index (Phi) is 5.14. The topological polar surface area (TPSA) is 37.4 Å². The van der Waals surface area contributed by atoms with Crippen molar-refractivity contribution in [2.45, 2.75) is 19.3 Å². The predicted molar refractivity (Wildman–Crippen MR) is 105 cm³/mol. The number of piperidine rings is 1. The summed E-state index contributed by atoms with van der Waals surface area (Å²) in [6.07, 6.45) is 4.03. The first-order valence-corrected chi connectivity index (χ1v) is 9.76. The fourth-order valence-electron chi connectivity index (χ4n) is 3.16. The van der Waals surface area contributed by atoms with Crippen LogP contribution in [0, 0.1) is 0 Å². The van der Waals surface area contributed by atoms with Gasteiger partial charge < -0.3 is 10.1 Å². The van der Waals surface area contributed by atoms with E-state index in [1.165, 1.54) is 37.1 Å². The van der Waals surface area contributed by atoms with E-state index in [9.17, 15) is 0 Å². The van der Waals surface area contributed by atoms with E-state index in [2.05, 4.69) is 21.3 Å². The van der Waals surface area contributed by atoms with Crippen LogP contribution in [0.15, 0.2) is 48.5 Å². The van der Waals surface area contributed by atoms with Crippen molar-refractivity contribution in [2.24, 2.45) is 0 Å². The second-order valence-electron chi connectivity index (χ2n) is 6.39. The van der Waals surface area contributed by atoms with Crippen LogP contribution in [0.25, 0.3) is 10.2 Å². The molecule has 0 unspecified atom stereocenters. The first-order valence-electron chi connectivity index (χ1n) is 8.95. The van der Waals surface area contributed by atoms with Gasteiger partial charge in [-0.1, -0.05) is 29.9 Å². The van der Waals surface area contributed by atoms with Crippen molar-refractivity contribution in [3.63, 3.8) is 0 Å². The lowest BCUT2D eigenvalue weighted by Crippen LogP contribution is -2.33. The Morgan fingerprint density at radius 1 is 1.00 bits per heavy atom. The number of likely N-dealkylation sites (tertiary alicyclic amines) is 1. The van der Waals surface area contributed by atoms with Crippen LogP contribution in [0.4, 0.5) is 10.8 Å². The number of aromatic nitrogens is 1. The van der Waals surface area contributed by atoms with E-state index >= 15 is 0 Å². The van der Waals surface area contributed by atoms with Crippen molar-refractivity contribution < 1.29 is 4.74 Å². The fraction of sp³-hybridized carbons (Fsp3) is 0.350. The van der Waals surface area contributed by atoms with Crippen molar-refractivity contribution in [2.75, 3.05) is 31.6 Å². The molecular weight excluding hydrogens is 330 g/mol. The number of anilines is 2. The summed E-state index contributed by atoms with van der Waals surface area (Å²) in [5.74, 6) is 0.923. The molecule has 1 N–H and O–H groups in total. The number of benzene rings is 2. The van der Waals surface area contributed by atoms with Gasteiger partial charge in [-0.2, -0.15) is 0 Å². The van der Waals surface area contributed by atoms with Gasteiger partial charge in [0, 0.05) is 12.2 Å². The number of rotatable bonds is 6. The lowest BCUT2D eigenvalue weighted by molar-refractivity contribution is 0.183. The van der Waals surface area contributed by atoms with Crippen LogP contribution in [0.2, 0.25) is 0 Å². The van der Waals surface area contributed by atoms with Gasteiger partial charge in [0.05, 0.1) is 10.2 Å². The van der Waals surface area contributed by atoms with Gasteiger partial charge >= 0.3 is 0 Å². The molecule has 4 rings (SSSR count). The van der Waals surface area contributed by atoms with Gasteiger partial charge in [0.25, 0.3) is 0 Å². The zero-order valence-corrected chi connectivity index (χ0v) is 15.1. The Bertz CT molecular complexity index is 776. The highest BCUT2D eigenvalue weighted by Crippen LogP contribution is 2.28. The third-order valence-corrected chi connectivity index (χ3v) is 5.48. The molecule has 0 radical (unpaired) electrons. The molecule has 1 fully saturated rings. The second-order valence-corrected chi connectivity index (χ2v) is 7.42. The molecule has 1 aliphatic rings.